The summed E-state index contributed by atoms with van der Waals surface area (Å²) >= 11 is 0. The molecule has 1 aliphatic heterocycles. The Morgan fingerprint density at radius 2 is 1.74 bits per heavy atom. The third kappa shape index (κ3) is 4.87. The Morgan fingerprint density at radius 1 is 1.06 bits per heavy atom. The van der Waals surface area contributed by atoms with Gasteiger partial charge in [0, 0.05) is 30.9 Å². The maximum Gasteiger partial charge on any atom is 0.256 e. The van der Waals surface area contributed by atoms with E-state index < -0.39 is 0 Å². The molecular formula is C24H24F2N4O. The number of hydrogen-bond acceptors (Lipinski definition) is 4. The molecule has 1 aliphatic rings. The van der Waals surface area contributed by atoms with Crippen LogP contribution in [0.1, 0.15) is 42.1 Å². The largest absolute Gasteiger partial charge is 0.353 e. The number of carbonyl (C=O) groups is 1. The van der Waals surface area contributed by atoms with Crippen LogP contribution < -0.4 is 10.2 Å². The van der Waals surface area contributed by atoms with Gasteiger partial charge < -0.3 is 10.2 Å². The fourth-order valence-corrected chi connectivity index (χ4v) is 3.78. The van der Waals surface area contributed by atoms with Crippen LogP contribution in [0.2, 0.25) is 0 Å². The fourth-order valence-electron chi connectivity index (χ4n) is 3.78. The monoisotopic (exact) mass is 422 g/mol. The molecule has 4 rings (SSSR count). The second-order valence-corrected chi connectivity index (χ2v) is 7.79. The standard InChI is InChI=1S/C24H24F2N4O/c1-16-4-2-3-13-30(16)23-21(24(31)28-14-17-5-9-19(25)10-6-17)15-27-22(29-23)18-7-11-20(26)12-8-18/h5-12,15-16H,2-4,13-14H2,1H3,(H,28,31)/t16-/m1/s1. The van der Waals surface area contributed by atoms with Gasteiger partial charge in [0.05, 0.1) is 0 Å². The molecule has 0 bridgehead atoms. The summed E-state index contributed by atoms with van der Waals surface area (Å²) in [5.41, 5.74) is 1.87. The van der Waals surface area contributed by atoms with Crippen LogP contribution in [0.25, 0.3) is 11.4 Å². The van der Waals surface area contributed by atoms with Crippen LogP contribution in [0.4, 0.5) is 14.6 Å². The summed E-state index contributed by atoms with van der Waals surface area (Å²) in [6, 6.07) is 12.2. The van der Waals surface area contributed by atoms with E-state index in [-0.39, 0.29) is 30.1 Å². The normalized spacial score (nSPS) is 16.2. The van der Waals surface area contributed by atoms with Crippen LogP contribution in [0.15, 0.2) is 54.7 Å². The van der Waals surface area contributed by atoms with Crippen molar-refractivity contribution in [2.75, 3.05) is 11.4 Å². The Bertz CT molecular complexity index is 1050. The average molecular weight is 422 g/mol. The van der Waals surface area contributed by atoms with E-state index in [1.54, 1.807) is 24.3 Å². The summed E-state index contributed by atoms with van der Waals surface area (Å²) in [6.45, 7) is 3.20. The molecule has 1 N–H and O–H groups in total. The molecule has 160 valence electrons. The highest BCUT2D eigenvalue weighted by Gasteiger charge is 2.26. The number of piperidine rings is 1. The summed E-state index contributed by atoms with van der Waals surface area (Å²) in [4.78, 5) is 24.2. The van der Waals surface area contributed by atoms with E-state index in [2.05, 4.69) is 22.1 Å². The Hall–Kier alpha value is -3.35. The van der Waals surface area contributed by atoms with Crippen LogP contribution in [-0.2, 0) is 6.54 Å². The molecule has 1 saturated heterocycles. The first kappa shape index (κ1) is 20.9. The van der Waals surface area contributed by atoms with Crippen molar-refractivity contribution in [2.45, 2.75) is 38.8 Å². The predicted octanol–water partition coefficient (Wildman–Crippen LogP) is 4.73. The van der Waals surface area contributed by atoms with Crippen molar-refractivity contribution in [1.29, 1.82) is 0 Å². The van der Waals surface area contributed by atoms with Crippen LogP contribution in [-0.4, -0.2) is 28.5 Å². The zero-order valence-corrected chi connectivity index (χ0v) is 17.3. The van der Waals surface area contributed by atoms with E-state index in [9.17, 15) is 13.6 Å². The lowest BCUT2D eigenvalue weighted by molar-refractivity contribution is 0.0950. The van der Waals surface area contributed by atoms with E-state index in [1.165, 1.54) is 30.5 Å². The third-order valence-electron chi connectivity index (χ3n) is 5.56. The molecule has 1 atom stereocenters. The number of hydrogen-bond donors (Lipinski definition) is 1. The highest BCUT2D eigenvalue weighted by molar-refractivity contribution is 5.99. The minimum absolute atomic E-state index is 0.244. The number of amides is 1. The van der Waals surface area contributed by atoms with Crippen LogP contribution >= 0.6 is 0 Å². The summed E-state index contributed by atoms with van der Waals surface area (Å²) < 4.78 is 26.4. The topological polar surface area (TPSA) is 58.1 Å². The van der Waals surface area contributed by atoms with Crippen molar-refractivity contribution in [2.24, 2.45) is 0 Å². The van der Waals surface area contributed by atoms with E-state index >= 15 is 0 Å². The van der Waals surface area contributed by atoms with E-state index in [4.69, 9.17) is 4.98 Å². The minimum Gasteiger partial charge on any atom is -0.353 e. The maximum atomic E-state index is 13.3. The van der Waals surface area contributed by atoms with Crippen LogP contribution in [0.3, 0.4) is 0 Å². The Balaban J connectivity index is 1.64. The SMILES string of the molecule is C[C@@H]1CCCCN1c1nc(-c2ccc(F)cc2)ncc1C(=O)NCc1ccc(F)cc1. The number of rotatable bonds is 5. The van der Waals surface area contributed by atoms with Gasteiger partial charge >= 0.3 is 0 Å². The molecule has 3 aromatic rings. The van der Waals surface area contributed by atoms with Gasteiger partial charge in [-0.25, -0.2) is 18.7 Å². The van der Waals surface area contributed by atoms with E-state index in [1.807, 2.05) is 0 Å². The highest BCUT2D eigenvalue weighted by Crippen LogP contribution is 2.28. The predicted molar refractivity (Wildman–Crippen MR) is 116 cm³/mol. The first-order valence-electron chi connectivity index (χ1n) is 10.4. The summed E-state index contributed by atoms with van der Waals surface area (Å²) in [5, 5.41) is 2.88. The molecule has 1 fully saturated rings. The fraction of sp³-hybridized carbons (Fsp3) is 0.292. The van der Waals surface area contributed by atoms with Crippen molar-refractivity contribution in [3.8, 4) is 11.4 Å². The van der Waals surface area contributed by atoms with Gasteiger partial charge in [0.1, 0.15) is 23.0 Å². The zero-order chi connectivity index (χ0) is 21.8. The molecule has 0 aliphatic carbocycles. The molecule has 0 unspecified atom stereocenters. The second-order valence-electron chi connectivity index (χ2n) is 7.79. The average Bonchev–Trinajstić information content (AvgIpc) is 2.79. The number of halogens is 2. The Kier molecular flexibility index (Phi) is 6.21. The molecule has 5 nitrogen and oxygen atoms in total. The van der Waals surface area contributed by atoms with Crippen molar-refractivity contribution in [3.05, 3.63) is 77.5 Å². The van der Waals surface area contributed by atoms with Gasteiger partial charge in [-0.2, -0.15) is 0 Å². The van der Waals surface area contributed by atoms with Gasteiger partial charge in [-0.1, -0.05) is 12.1 Å². The van der Waals surface area contributed by atoms with Gasteiger partial charge in [0.15, 0.2) is 5.82 Å². The lowest BCUT2D eigenvalue weighted by atomic mass is 10.0. The molecule has 0 spiro atoms. The van der Waals surface area contributed by atoms with Crippen LogP contribution in [0, 0.1) is 11.6 Å². The molecule has 1 amide bonds. The molecule has 0 radical (unpaired) electrons. The number of nitrogens with zero attached hydrogens (tertiary/aromatic N) is 3. The minimum atomic E-state index is -0.328. The van der Waals surface area contributed by atoms with Gasteiger partial charge in [0.2, 0.25) is 0 Å². The van der Waals surface area contributed by atoms with Gasteiger partial charge in [-0.3, -0.25) is 4.79 Å². The number of aromatic nitrogens is 2. The first-order valence-corrected chi connectivity index (χ1v) is 10.4. The smallest absolute Gasteiger partial charge is 0.256 e. The van der Waals surface area contributed by atoms with Gasteiger partial charge in [0.25, 0.3) is 5.91 Å². The molecule has 1 aromatic heterocycles. The Labute approximate surface area is 180 Å². The van der Waals surface area contributed by atoms with E-state index in [0.717, 1.165) is 31.4 Å². The lowest BCUT2D eigenvalue weighted by Crippen LogP contribution is -2.40. The summed E-state index contributed by atoms with van der Waals surface area (Å²) in [5.74, 6) is 0.0930. The van der Waals surface area contributed by atoms with Crippen LogP contribution in [0.5, 0.6) is 0 Å². The molecule has 2 heterocycles. The molecule has 0 saturated carbocycles. The lowest BCUT2D eigenvalue weighted by Gasteiger charge is -2.35. The highest BCUT2D eigenvalue weighted by atomic mass is 19.1. The van der Waals surface area contributed by atoms with E-state index in [0.29, 0.717) is 22.8 Å². The third-order valence-corrected chi connectivity index (χ3v) is 5.56. The number of benzene rings is 2. The number of anilines is 1. The van der Waals surface area contributed by atoms with Crippen molar-refractivity contribution in [1.82, 2.24) is 15.3 Å². The van der Waals surface area contributed by atoms with Crippen molar-refractivity contribution >= 4 is 11.7 Å². The first-order chi connectivity index (χ1) is 15.0. The van der Waals surface area contributed by atoms with Crippen molar-refractivity contribution < 1.29 is 13.6 Å². The molecule has 31 heavy (non-hydrogen) atoms. The molecular weight excluding hydrogens is 398 g/mol. The van der Waals surface area contributed by atoms with Crippen molar-refractivity contribution in [3.63, 3.8) is 0 Å². The summed E-state index contributed by atoms with van der Waals surface area (Å²) in [7, 11) is 0. The zero-order valence-electron chi connectivity index (χ0n) is 17.3. The van der Waals surface area contributed by atoms with Gasteiger partial charge in [-0.15, -0.1) is 0 Å². The Morgan fingerprint density at radius 3 is 2.42 bits per heavy atom. The molecule has 7 heteroatoms. The number of nitrogens with one attached hydrogen (secondary N) is 1. The quantitative estimate of drug-likeness (QED) is 0.646. The van der Waals surface area contributed by atoms with Gasteiger partial charge in [-0.05, 0) is 68.1 Å². The maximum absolute atomic E-state index is 13.3. The number of carbonyl (C=O) groups excluding carboxylic acids is 1. The summed E-state index contributed by atoms with van der Waals surface area (Å²) in [6.07, 6.45) is 4.71. The molecule has 2 aromatic carbocycles. The second kappa shape index (κ2) is 9.20.